The van der Waals surface area contributed by atoms with E-state index in [0.717, 1.165) is 31.6 Å². The van der Waals surface area contributed by atoms with Gasteiger partial charge in [0.15, 0.2) is 5.69 Å². The van der Waals surface area contributed by atoms with Crippen LogP contribution in [0.5, 0.6) is 0 Å². The summed E-state index contributed by atoms with van der Waals surface area (Å²) in [7, 11) is 0. The van der Waals surface area contributed by atoms with Crippen LogP contribution >= 0.6 is 11.8 Å². The number of carbonyl (C=O) groups is 3. The number of anilines is 1. The molecule has 0 saturated heterocycles. The van der Waals surface area contributed by atoms with Crippen molar-refractivity contribution in [2.45, 2.75) is 26.2 Å². The molecule has 0 atom stereocenters. The van der Waals surface area contributed by atoms with Crippen molar-refractivity contribution in [2.75, 3.05) is 24.3 Å². The molecule has 1 aromatic carbocycles. The Kier molecular flexibility index (Phi) is 7.37. The van der Waals surface area contributed by atoms with Gasteiger partial charge in [-0.2, -0.15) is 5.10 Å². The average molecular weight is 413 g/mol. The number of hydrogen-bond acceptors (Lipinski definition) is 6. The van der Waals surface area contributed by atoms with Crippen LogP contribution in [0.15, 0.2) is 41.3 Å². The van der Waals surface area contributed by atoms with Crippen LogP contribution in [0.2, 0.25) is 0 Å². The van der Waals surface area contributed by atoms with Crippen LogP contribution in [0.1, 0.15) is 57.5 Å². The van der Waals surface area contributed by atoms with Gasteiger partial charge in [-0.1, -0.05) is 24.6 Å². The van der Waals surface area contributed by atoms with Gasteiger partial charge in [0.05, 0.1) is 10.5 Å². The van der Waals surface area contributed by atoms with E-state index < -0.39 is 5.91 Å². The van der Waals surface area contributed by atoms with Gasteiger partial charge >= 0.3 is 0 Å². The van der Waals surface area contributed by atoms with Crippen molar-refractivity contribution in [3.63, 3.8) is 0 Å². The molecule has 0 saturated carbocycles. The minimum Gasteiger partial charge on any atom is -0.382 e. The number of carbonyl (C=O) groups excluding carboxylic acids is 3. The highest BCUT2D eigenvalue weighted by Crippen LogP contribution is 2.30. The van der Waals surface area contributed by atoms with Gasteiger partial charge in [-0.15, -0.1) is 11.8 Å². The fourth-order valence-electron chi connectivity index (χ4n) is 2.91. The summed E-state index contributed by atoms with van der Waals surface area (Å²) in [6, 6.07) is 8.87. The number of H-pyrrole nitrogens is 1. The van der Waals surface area contributed by atoms with Crippen molar-refractivity contribution in [3.05, 3.63) is 58.3 Å². The van der Waals surface area contributed by atoms with E-state index in [1.54, 1.807) is 24.3 Å². The lowest BCUT2D eigenvalue weighted by Crippen LogP contribution is -2.20. The highest BCUT2D eigenvalue weighted by atomic mass is 32.2. The molecule has 8 heteroatoms. The van der Waals surface area contributed by atoms with Crippen LogP contribution in [-0.2, 0) is 4.74 Å². The minimum atomic E-state index is -0.531. The number of unbranched alkanes of at least 4 members (excludes halogenated alkanes) is 2. The largest absolute Gasteiger partial charge is 0.382 e. The van der Waals surface area contributed by atoms with Crippen LogP contribution < -0.4 is 5.32 Å². The Morgan fingerprint density at radius 2 is 1.97 bits per heavy atom. The number of benzene rings is 1. The summed E-state index contributed by atoms with van der Waals surface area (Å²) in [6.45, 7) is 3.41. The number of rotatable bonds is 10. The molecule has 0 bridgehead atoms. The summed E-state index contributed by atoms with van der Waals surface area (Å²) in [5.41, 5.74) is 0.630. The average Bonchev–Trinajstić information content (AvgIpc) is 3.18. The summed E-state index contributed by atoms with van der Waals surface area (Å²) in [5.74, 6) is -0.497. The number of allylic oxidation sites excluding steroid dienone is 2. The molecule has 7 nitrogen and oxygen atoms in total. The highest BCUT2D eigenvalue weighted by molar-refractivity contribution is 8.04. The fraction of sp³-hybridized carbons (Fsp3) is 0.333. The smallest absolute Gasteiger partial charge is 0.276 e. The number of ketones is 2. The fourth-order valence-corrected chi connectivity index (χ4v) is 3.91. The molecule has 2 N–H and O–H groups in total. The van der Waals surface area contributed by atoms with Gasteiger partial charge in [0.25, 0.3) is 5.91 Å². The summed E-state index contributed by atoms with van der Waals surface area (Å²) in [6.07, 6.45) is 4.20. The van der Waals surface area contributed by atoms with Gasteiger partial charge in [0.1, 0.15) is 5.69 Å². The number of hydrogen-bond donors (Lipinski definition) is 2. The van der Waals surface area contributed by atoms with Crippen LogP contribution in [0, 0.1) is 0 Å². The second-order valence-electron chi connectivity index (χ2n) is 6.45. The summed E-state index contributed by atoms with van der Waals surface area (Å²) >= 11 is 1.34. The van der Waals surface area contributed by atoms with Crippen molar-refractivity contribution in [2.24, 2.45) is 0 Å². The van der Waals surface area contributed by atoms with E-state index in [2.05, 4.69) is 15.5 Å². The molecule has 0 aliphatic heterocycles. The molecular formula is C21H23N3O4S. The molecule has 0 unspecified atom stereocenters. The highest BCUT2D eigenvalue weighted by Gasteiger charge is 2.33. The Morgan fingerprint density at radius 3 is 2.72 bits per heavy atom. The quantitative estimate of drug-likeness (QED) is 0.574. The molecule has 2 aromatic rings. The lowest BCUT2D eigenvalue weighted by Gasteiger charge is -2.12. The molecule has 29 heavy (non-hydrogen) atoms. The molecule has 1 aliphatic carbocycles. The Morgan fingerprint density at radius 1 is 1.17 bits per heavy atom. The van der Waals surface area contributed by atoms with Crippen molar-refractivity contribution in [1.29, 1.82) is 0 Å². The van der Waals surface area contributed by atoms with Crippen LogP contribution in [0.25, 0.3) is 0 Å². The monoisotopic (exact) mass is 413 g/mol. The number of fused-ring (bicyclic) bond motifs is 1. The van der Waals surface area contributed by atoms with Crippen molar-refractivity contribution in [3.8, 4) is 0 Å². The maximum Gasteiger partial charge on any atom is 0.276 e. The third-order valence-corrected chi connectivity index (χ3v) is 5.47. The first-order chi connectivity index (χ1) is 14.1. The third-order valence-electron chi connectivity index (χ3n) is 4.37. The van der Waals surface area contributed by atoms with Gasteiger partial charge in [-0.25, -0.2) is 0 Å². The minimum absolute atomic E-state index is 0.0461. The molecule has 0 spiro atoms. The van der Waals surface area contributed by atoms with E-state index in [-0.39, 0.29) is 28.5 Å². The topological polar surface area (TPSA) is 101 Å². The first-order valence-electron chi connectivity index (χ1n) is 9.57. The van der Waals surface area contributed by atoms with E-state index in [9.17, 15) is 14.4 Å². The van der Waals surface area contributed by atoms with Crippen LogP contribution in [-0.4, -0.2) is 46.6 Å². The van der Waals surface area contributed by atoms with Gasteiger partial charge in [0, 0.05) is 25.0 Å². The maximum absolute atomic E-state index is 12.9. The first-order valence-corrected chi connectivity index (χ1v) is 10.6. The van der Waals surface area contributed by atoms with Crippen molar-refractivity contribution in [1.82, 2.24) is 10.2 Å². The number of amides is 1. The van der Waals surface area contributed by atoms with Crippen molar-refractivity contribution < 1.29 is 19.1 Å². The van der Waals surface area contributed by atoms with E-state index in [1.807, 2.05) is 13.0 Å². The molecule has 1 aliphatic rings. The second-order valence-corrected chi connectivity index (χ2v) is 7.59. The molecule has 1 amide bonds. The van der Waals surface area contributed by atoms with Gasteiger partial charge < -0.3 is 10.1 Å². The van der Waals surface area contributed by atoms with E-state index in [1.165, 1.54) is 17.8 Å². The van der Waals surface area contributed by atoms with Crippen molar-refractivity contribution >= 4 is 34.9 Å². The number of nitrogens with one attached hydrogen (secondary N) is 2. The number of aromatic amines is 1. The summed E-state index contributed by atoms with van der Waals surface area (Å²) in [5, 5.41) is 9.17. The van der Waals surface area contributed by atoms with Crippen LogP contribution in [0.3, 0.4) is 0 Å². The molecular weight excluding hydrogens is 390 g/mol. The Balaban J connectivity index is 1.64. The van der Waals surface area contributed by atoms with E-state index in [0.29, 0.717) is 17.2 Å². The number of para-hydroxylation sites is 1. The third kappa shape index (κ3) is 5.21. The zero-order valence-corrected chi connectivity index (χ0v) is 17.0. The molecule has 0 radical (unpaired) electrons. The molecule has 1 aromatic heterocycles. The predicted molar refractivity (Wildman–Crippen MR) is 113 cm³/mol. The molecule has 1 heterocycles. The van der Waals surface area contributed by atoms with Gasteiger partial charge in [-0.05, 0) is 37.7 Å². The Hall–Kier alpha value is -2.71. The second kappa shape index (κ2) is 10.2. The predicted octanol–water partition coefficient (Wildman–Crippen LogP) is 3.86. The molecule has 152 valence electrons. The normalized spacial score (nSPS) is 13.2. The number of Topliss-reactive ketones (excluding diaryl/α,β-unsaturated/α-hetero) is 1. The zero-order valence-electron chi connectivity index (χ0n) is 16.2. The first kappa shape index (κ1) is 21.0. The number of nitrogens with zero attached hydrogens (tertiary/aromatic N) is 1. The van der Waals surface area contributed by atoms with Gasteiger partial charge in [-0.3, -0.25) is 19.5 Å². The lowest BCUT2D eigenvalue weighted by molar-refractivity contribution is 0.0979. The SMILES string of the molecule is CCOCCCCCSC1=CC(=O)c2[nH]nc(C(=O)Nc3ccccc3)c2C1=O. The molecule has 0 fully saturated rings. The Labute approximate surface area is 173 Å². The standard InChI is InChI=1S/C21H23N3O4S/c1-2-28-11-7-4-8-12-29-16-13-15(25)18-17(20(16)26)19(24-23-18)21(27)22-14-9-5-3-6-10-14/h3,5-6,9-10,13H,2,4,7-8,11-12H2,1H3,(H,22,27)(H,23,24). The number of aromatic nitrogens is 2. The Bertz CT molecular complexity index is 921. The lowest BCUT2D eigenvalue weighted by atomic mass is 9.99. The maximum atomic E-state index is 12.9. The summed E-state index contributed by atoms with van der Waals surface area (Å²) in [4.78, 5) is 38.2. The number of ether oxygens (including phenoxy) is 1. The van der Waals surface area contributed by atoms with E-state index in [4.69, 9.17) is 4.74 Å². The number of thioether (sulfide) groups is 1. The van der Waals surface area contributed by atoms with Gasteiger partial charge in [0.2, 0.25) is 11.6 Å². The molecule has 3 rings (SSSR count). The van der Waals surface area contributed by atoms with Crippen LogP contribution in [0.4, 0.5) is 5.69 Å². The summed E-state index contributed by atoms with van der Waals surface area (Å²) < 4.78 is 5.30. The zero-order chi connectivity index (χ0) is 20.6. The van der Waals surface area contributed by atoms with E-state index >= 15 is 0 Å².